The van der Waals surface area contributed by atoms with Crippen LogP contribution in [0.2, 0.25) is 0 Å². The van der Waals surface area contributed by atoms with E-state index in [-0.39, 0.29) is 72.5 Å². The molecule has 19 nitrogen and oxygen atoms in total. The number of ether oxygens (including phenoxy) is 3. The maximum atomic E-state index is 13.9. The number of hydrogen-bond acceptors (Lipinski definition) is 19. The molecule has 0 saturated heterocycles. The van der Waals surface area contributed by atoms with Gasteiger partial charge < -0.3 is 66.2 Å². The second kappa shape index (κ2) is 27.6. The fraction of sp³-hybridized carbons (Fsp3) is 0.0706. The zero-order valence-corrected chi connectivity index (χ0v) is 56.0. The molecule has 7 heterocycles. The van der Waals surface area contributed by atoms with Gasteiger partial charge in [-0.05, 0) is 135 Å². The second-order valence-electron chi connectivity index (χ2n) is 24.8. The van der Waals surface area contributed by atoms with Crippen LogP contribution in [0.4, 0.5) is 0 Å². The minimum Gasteiger partial charge on any atom is -0.508 e. The topological polar surface area (TPSA) is 293 Å². The summed E-state index contributed by atoms with van der Waals surface area (Å²) in [5, 5.41) is 54.8. The molecule has 1 aliphatic rings. The smallest absolute Gasteiger partial charge is 0.347 e. The fourth-order valence-corrected chi connectivity index (χ4v) is 12.2. The quantitative estimate of drug-likeness (QED) is 0.0883. The lowest BCUT2D eigenvalue weighted by Crippen LogP contribution is -2.27. The minimum absolute atomic E-state index is 0.0480. The summed E-state index contributed by atoms with van der Waals surface area (Å²) in [6, 6.07) is 63.3. The number of phenols is 5. The van der Waals surface area contributed by atoms with Crippen molar-refractivity contribution in [2.45, 2.75) is 26.4 Å². The minimum atomic E-state index is -0.803. The highest BCUT2D eigenvalue weighted by molar-refractivity contribution is 6.03. The Labute approximate surface area is 588 Å². The largest absolute Gasteiger partial charge is 0.508 e. The summed E-state index contributed by atoms with van der Waals surface area (Å²) in [5.41, 5.74) is 4.10. The Kier molecular flexibility index (Phi) is 17.8. The molecule has 0 radical (unpaired) electrons. The Bertz CT molecular complexity index is 6360. The van der Waals surface area contributed by atoms with Crippen molar-refractivity contribution in [3.8, 4) is 114 Å². The average Bonchev–Trinajstić information content (AvgIpc) is 0.781. The van der Waals surface area contributed by atoms with Gasteiger partial charge in [0, 0.05) is 63.7 Å². The first kappa shape index (κ1) is 67.1. The van der Waals surface area contributed by atoms with Crippen LogP contribution in [0.5, 0.6) is 46.0 Å². The summed E-state index contributed by atoms with van der Waals surface area (Å²) in [7, 11) is 3.14. The summed E-state index contributed by atoms with van der Waals surface area (Å²) < 4.78 is 51.0. The number of rotatable bonds is 8. The van der Waals surface area contributed by atoms with E-state index >= 15 is 0 Å². The molecule has 6 aromatic heterocycles. The second-order valence-corrected chi connectivity index (χ2v) is 24.8. The summed E-state index contributed by atoms with van der Waals surface area (Å²) >= 11 is 0. The van der Waals surface area contributed by atoms with Crippen molar-refractivity contribution in [2.75, 3.05) is 14.2 Å². The molecule has 1 aliphatic heterocycles. The molecule has 10 aromatic carbocycles. The summed E-state index contributed by atoms with van der Waals surface area (Å²) in [6.07, 6.45) is 5.54. The van der Waals surface area contributed by atoms with E-state index in [4.69, 9.17) is 40.7 Å². The fourth-order valence-electron chi connectivity index (χ4n) is 12.2. The molecule has 0 aliphatic carbocycles. The van der Waals surface area contributed by atoms with Crippen LogP contribution in [0.1, 0.15) is 25.0 Å². The van der Waals surface area contributed by atoms with Crippen LogP contribution in [-0.2, 0) is 0 Å². The van der Waals surface area contributed by atoms with Gasteiger partial charge in [-0.1, -0.05) is 103 Å². The molecule has 104 heavy (non-hydrogen) atoms. The van der Waals surface area contributed by atoms with Crippen LogP contribution < -0.4 is 41.6 Å². The first-order chi connectivity index (χ1) is 50.2. The SMILES string of the molecule is CC1(C)C=Cc2c(ccc3c(=O)cc(-c4ccccc4)oc23)O1.COc1ccc(-c2cc3cccc(OC)c3c(=O)o2)cc1.Cc1ccc(-c2cc(=O)c3c(O)c(O)c(-c4c(-c5ccc(O)cc5)oc5cc(O)cc(O)c5c4=O)cc3o2)cc1.O=c1cc(-c2ccccc2)oc2c1ccc1occc12. The highest BCUT2D eigenvalue weighted by Crippen LogP contribution is 2.46. The monoisotopic (exact) mass is 1380 g/mol. The molecule has 0 unspecified atom stereocenters. The van der Waals surface area contributed by atoms with E-state index in [0.29, 0.717) is 67.1 Å². The van der Waals surface area contributed by atoms with Gasteiger partial charge in [-0.25, -0.2) is 4.79 Å². The predicted molar refractivity (Wildman–Crippen MR) is 398 cm³/mol. The molecule has 19 heteroatoms. The van der Waals surface area contributed by atoms with E-state index in [2.05, 4.69) is 0 Å². The van der Waals surface area contributed by atoms with Gasteiger partial charge in [-0.15, -0.1) is 0 Å². The molecule has 0 bridgehead atoms. The summed E-state index contributed by atoms with van der Waals surface area (Å²) in [5.74, 6) is 1.18. The van der Waals surface area contributed by atoms with Crippen molar-refractivity contribution in [1.29, 1.82) is 0 Å². The van der Waals surface area contributed by atoms with Crippen LogP contribution >= 0.6 is 0 Å². The number of aromatic hydroxyl groups is 5. The van der Waals surface area contributed by atoms with E-state index < -0.39 is 33.7 Å². The molecule has 0 fully saturated rings. The van der Waals surface area contributed by atoms with Crippen LogP contribution in [-0.4, -0.2) is 45.4 Å². The van der Waals surface area contributed by atoms with Crippen LogP contribution in [0, 0.1) is 6.92 Å². The van der Waals surface area contributed by atoms with E-state index in [1.165, 1.54) is 49.6 Å². The lowest BCUT2D eigenvalue weighted by atomic mass is 9.95. The van der Waals surface area contributed by atoms with Gasteiger partial charge in [0.05, 0.1) is 47.8 Å². The number of aryl methyl sites for hydroxylation is 1. The predicted octanol–water partition coefficient (Wildman–Crippen LogP) is 18.1. The third-order valence-corrected chi connectivity index (χ3v) is 17.4. The maximum Gasteiger partial charge on any atom is 0.347 e. The highest BCUT2D eigenvalue weighted by Gasteiger charge is 2.28. The molecule has 0 atom stereocenters. The first-order valence-electron chi connectivity index (χ1n) is 32.4. The lowest BCUT2D eigenvalue weighted by molar-refractivity contribution is 0.159. The molecule has 17 rings (SSSR count). The van der Waals surface area contributed by atoms with Gasteiger partial charge in [0.25, 0.3) is 0 Å². The molecule has 0 spiro atoms. The number of methoxy groups -OCH3 is 2. The molecule has 0 saturated carbocycles. The normalized spacial score (nSPS) is 12.0. The highest BCUT2D eigenvalue weighted by atomic mass is 16.5. The van der Waals surface area contributed by atoms with Crippen molar-refractivity contribution < 1.29 is 66.2 Å². The number of benzene rings is 10. The van der Waals surface area contributed by atoms with Crippen molar-refractivity contribution in [1.82, 2.24) is 0 Å². The van der Waals surface area contributed by atoms with E-state index in [1.54, 1.807) is 55.8 Å². The van der Waals surface area contributed by atoms with Crippen LogP contribution in [0.3, 0.4) is 0 Å². The first-order valence-corrected chi connectivity index (χ1v) is 32.4. The number of furan rings is 1. The Hall–Kier alpha value is -14.1. The Morgan fingerprint density at radius 2 is 1.02 bits per heavy atom. The van der Waals surface area contributed by atoms with Crippen LogP contribution in [0.15, 0.2) is 287 Å². The summed E-state index contributed by atoms with van der Waals surface area (Å²) in [4.78, 5) is 63.8. The molecular formula is C85H60O19. The Balaban J connectivity index is 0.000000123. The lowest BCUT2D eigenvalue weighted by Gasteiger charge is -2.28. The standard InChI is InChI=1S/C31H20O9.C20H16O3.C17H14O4.C17H10O3/c1-14-2-4-15(5-3-14)22-13-21(35)27-24(39-22)12-19(28(36)30(27)38)25-29(37)26-20(34)10-18(33)11-23(26)40-31(25)16-6-8-17(32)9-7-16;1-20(2)11-10-15-17(23-20)9-8-14-16(21)12-18(22-19(14)15)13-6-4-3-5-7-13;1-19-13-8-6-11(7-9-13)15-10-12-4-3-5-14(20-2)16(12)17(18)21-15;18-14-10-16(11-4-2-1-3-5-11)20-17-12(14)6-7-15-13(17)8-9-19-15/h2-13,32-34,36,38H,1H3;3-12H,1-2H3;3-10H,1-2H3;1-10H. The van der Waals surface area contributed by atoms with Crippen molar-refractivity contribution >= 4 is 71.7 Å². The molecular weight excluding hydrogens is 1320 g/mol. The van der Waals surface area contributed by atoms with Gasteiger partial charge in [-0.2, -0.15) is 0 Å². The molecule has 5 N–H and O–H groups in total. The average molecular weight is 1390 g/mol. The Morgan fingerprint density at radius 1 is 0.433 bits per heavy atom. The van der Waals surface area contributed by atoms with Gasteiger partial charge >= 0.3 is 5.63 Å². The van der Waals surface area contributed by atoms with E-state index in [0.717, 1.165) is 62.2 Å². The van der Waals surface area contributed by atoms with Crippen molar-refractivity contribution in [3.63, 3.8) is 0 Å². The molecule has 514 valence electrons. The van der Waals surface area contributed by atoms with Gasteiger partial charge in [0.1, 0.15) is 113 Å². The maximum absolute atomic E-state index is 13.9. The van der Waals surface area contributed by atoms with Gasteiger partial charge in [0.2, 0.25) is 5.43 Å². The van der Waals surface area contributed by atoms with Crippen molar-refractivity contribution in [2.24, 2.45) is 0 Å². The third-order valence-electron chi connectivity index (χ3n) is 17.4. The van der Waals surface area contributed by atoms with E-state index in [9.17, 15) is 49.5 Å². The van der Waals surface area contributed by atoms with E-state index in [1.807, 2.05) is 160 Å². The van der Waals surface area contributed by atoms with Crippen LogP contribution in [0.25, 0.3) is 139 Å². The number of fused-ring (bicyclic) bond motifs is 9. The molecule has 16 aromatic rings. The number of hydrogen-bond donors (Lipinski definition) is 5. The third kappa shape index (κ3) is 13.1. The zero-order valence-electron chi connectivity index (χ0n) is 56.0. The molecule has 0 amide bonds. The summed E-state index contributed by atoms with van der Waals surface area (Å²) in [6.45, 7) is 5.90. The van der Waals surface area contributed by atoms with Gasteiger partial charge in [-0.3, -0.25) is 19.2 Å². The number of phenolic OH excluding ortho intramolecular Hbond substituents is 5. The zero-order chi connectivity index (χ0) is 72.7. The Morgan fingerprint density at radius 3 is 1.68 bits per heavy atom. The van der Waals surface area contributed by atoms with Gasteiger partial charge in [0.15, 0.2) is 27.8 Å². The van der Waals surface area contributed by atoms with Crippen molar-refractivity contribution in [3.05, 3.63) is 299 Å².